The van der Waals surface area contributed by atoms with Crippen molar-refractivity contribution < 1.29 is 9.90 Å². The van der Waals surface area contributed by atoms with E-state index in [1.54, 1.807) is 18.0 Å². The van der Waals surface area contributed by atoms with Crippen LogP contribution in [0.25, 0.3) is 10.9 Å². The summed E-state index contributed by atoms with van der Waals surface area (Å²) < 4.78 is 0.797. The maximum atomic E-state index is 12.5. The lowest BCUT2D eigenvalue weighted by atomic mass is 10.1. The fourth-order valence-electron chi connectivity index (χ4n) is 1.81. The van der Waals surface area contributed by atoms with Crippen LogP contribution >= 0.6 is 15.9 Å². The summed E-state index contributed by atoms with van der Waals surface area (Å²) in [6, 6.07) is 5.52. The van der Waals surface area contributed by atoms with Gasteiger partial charge in [-0.2, -0.15) is 0 Å². The number of aromatic hydroxyl groups is 1. The molecule has 0 atom stereocenters. The number of aromatic nitrogens is 1. The maximum absolute atomic E-state index is 12.5. The van der Waals surface area contributed by atoms with E-state index >= 15 is 0 Å². The third kappa shape index (κ3) is 2.42. The van der Waals surface area contributed by atoms with Crippen LogP contribution in [0, 0.1) is 0 Å². The Morgan fingerprint density at radius 2 is 2.11 bits per heavy atom. The Kier molecular flexibility index (Phi) is 3.75. The zero-order chi connectivity index (χ0) is 14.2. The van der Waals surface area contributed by atoms with E-state index in [0.717, 1.165) is 4.47 Å². The quantitative estimate of drug-likeness (QED) is 0.923. The van der Waals surface area contributed by atoms with Crippen LogP contribution in [-0.2, 0) is 0 Å². The third-order valence-electron chi connectivity index (χ3n) is 3.14. The van der Waals surface area contributed by atoms with E-state index < -0.39 is 0 Å². The van der Waals surface area contributed by atoms with Gasteiger partial charge in [0.15, 0.2) is 0 Å². The maximum Gasteiger partial charge on any atom is 0.258 e. The van der Waals surface area contributed by atoms with Crippen molar-refractivity contribution in [3.8, 4) is 5.75 Å². The summed E-state index contributed by atoms with van der Waals surface area (Å²) in [6.07, 6.45) is 1.31. The SMILES string of the molecule is CC(C)N(C)C(=O)c1c(O)cnc2c(Br)cccc12. The fourth-order valence-corrected chi connectivity index (χ4v) is 2.28. The summed E-state index contributed by atoms with van der Waals surface area (Å²) in [4.78, 5) is 18.2. The van der Waals surface area contributed by atoms with Crippen molar-refractivity contribution in [2.75, 3.05) is 7.05 Å². The Balaban J connectivity index is 2.69. The second kappa shape index (κ2) is 5.17. The number of carbonyl (C=O) groups is 1. The lowest BCUT2D eigenvalue weighted by molar-refractivity contribution is 0.0754. The lowest BCUT2D eigenvalue weighted by Crippen LogP contribution is -2.33. The molecule has 0 radical (unpaired) electrons. The van der Waals surface area contributed by atoms with Crippen molar-refractivity contribution in [2.24, 2.45) is 0 Å². The Hall–Kier alpha value is -1.62. The van der Waals surface area contributed by atoms with Crippen molar-refractivity contribution in [3.05, 3.63) is 34.4 Å². The van der Waals surface area contributed by atoms with Crippen LogP contribution in [0.1, 0.15) is 24.2 Å². The van der Waals surface area contributed by atoms with Crippen LogP contribution in [0.15, 0.2) is 28.9 Å². The monoisotopic (exact) mass is 322 g/mol. The minimum atomic E-state index is -0.210. The highest BCUT2D eigenvalue weighted by Crippen LogP contribution is 2.30. The van der Waals surface area contributed by atoms with Gasteiger partial charge in [-0.1, -0.05) is 12.1 Å². The van der Waals surface area contributed by atoms with Crippen molar-refractivity contribution in [2.45, 2.75) is 19.9 Å². The van der Waals surface area contributed by atoms with E-state index in [4.69, 9.17) is 0 Å². The van der Waals surface area contributed by atoms with E-state index in [0.29, 0.717) is 16.5 Å². The van der Waals surface area contributed by atoms with Crippen molar-refractivity contribution in [3.63, 3.8) is 0 Å². The van der Waals surface area contributed by atoms with Crippen LogP contribution in [0.3, 0.4) is 0 Å². The Morgan fingerprint density at radius 1 is 1.42 bits per heavy atom. The molecule has 19 heavy (non-hydrogen) atoms. The highest BCUT2D eigenvalue weighted by Gasteiger charge is 2.21. The van der Waals surface area contributed by atoms with Crippen LogP contribution in [0.5, 0.6) is 5.75 Å². The predicted octanol–water partition coefficient (Wildman–Crippen LogP) is 3.18. The Morgan fingerprint density at radius 3 is 2.74 bits per heavy atom. The summed E-state index contributed by atoms with van der Waals surface area (Å²) >= 11 is 3.40. The minimum Gasteiger partial charge on any atom is -0.505 e. The van der Waals surface area contributed by atoms with Crippen molar-refractivity contribution in [1.82, 2.24) is 9.88 Å². The normalized spacial score (nSPS) is 11.0. The molecular formula is C14H15BrN2O2. The number of benzene rings is 1. The standard InChI is InChI=1S/C14H15BrN2O2/c1-8(2)17(3)14(19)12-9-5-4-6-10(15)13(9)16-7-11(12)18/h4-8,18H,1-3H3. The average molecular weight is 323 g/mol. The van der Waals surface area contributed by atoms with Crippen LogP contribution < -0.4 is 0 Å². The lowest BCUT2D eigenvalue weighted by Gasteiger charge is -2.22. The van der Waals surface area contributed by atoms with Gasteiger partial charge in [0, 0.05) is 22.9 Å². The van der Waals surface area contributed by atoms with E-state index in [1.807, 2.05) is 26.0 Å². The molecule has 2 aromatic rings. The van der Waals surface area contributed by atoms with Gasteiger partial charge in [0.2, 0.25) is 0 Å². The van der Waals surface area contributed by atoms with E-state index in [9.17, 15) is 9.90 Å². The number of hydrogen-bond donors (Lipinski definition) is 1. The van der Waals surface area contributed by atoms with Gasteiger partial charge >= 0.3 is 0 Å². The largest absolute Gasteiger partial charge is 0.505 e. The molecular weight excluding hydrogens is 308 g/mol. The molecule has 1 aromatic carbocycles. The van der Waals surface area contributed by atoms with E-state index in [2.05, 4.69) is 20.9 Å². The van der Waals surface area contributed by atoms with Crippen LogP contribution in [0.2, 0.25) is 0 Å². The molecule has 1 heterocycles. The second-order valence-corrected chi connectivity index (χ2v) is 5.52. The first-order chi connectivity index (χ1) is 8.93. The molecule has 4 nitrogen and oxygen atoms in total. The van der Waals surface area contributed by atoms with Gasteiger partial charge < -0.3 is 10.0 Å². The molecule has 100 valence electrons. The molecule has 0 saturated carbocycles. The molecule has 0 aliphatic carbocycles. The fraction of sp³-hybridized carbons (Fsp3) is 0.286. The van der Waals surface area contributed by atoms with Gasteiger partial charge in [-0.25, -0.2) is 0 Å². The third-order valence-corrected chi connectivity index (χ3v) is 3.78. The topological polar surface area (TPSA) is 53.4 Å². The van der Waals surface area contributed by atoms with E-state index in [1.165, 1.54) is 6.20 Å². The zero-order valence-corrected chi connectivity index (χ0v) is 12.6. The van der Waals surface area contributed by atoms with E-state index in [-0.39, 0.29) is 17.7 Å². The first kappa shape index (κ1) is 13.8. The number of carbonyl (C=O) groups excluding carboxylic acids is 1. The average Bonchev–Trinajstić information content (AvgIpc) is 2.37. The first-order valence-corrected chi connectivity index (χ1v) is 6.76. The van der Waals surface area contributed by atoms with Gasteiger partial charge in [-0.15, -0.1) is 0 Å². The van der Waals surface area contributed by atoms with Crippen molar-refractivity contribution >= 4 is 32.7 Å². The Bertz CT molecular complexity index is 641. The van der Waals surface area contributed by atoms with Gasteiger partial charge in [0.1, 0.15) is 5.75 Å². The molecule has 2 rings (SSSR count). The number of fused-ring (bicyclic) bond motifs is 1. The Labute approximate surface area is 120 Å². The summed E-state index contributed by atoms with van der Waals surface area (Å²) in [7, 11) is 1.72. The molecule has 0 spiro atoms. The number of rotatable bonds is 2. The van der Waals surface area contributed by atoms with Crippen LogP contribution in [0.4, 0.5) is 0 Å². The number of pyridine rings is 1. The molecule has 5 heteroatoms. The molecule has 1 amide bonds. The molecule has 0 saturated heterocycles. The summed E-state index contributed by atoms with van der Waals surface area (Å²) in [5.41, 5.74) is 0.961. The number of hydrogen-bond acceptors (Lipinski definition) is 3. The molecule has 0 aliphatic heterocycles. The number of para-hydroxylation sites is 1. The highest BCUT2D eigenvalue weighted by molar-refractivity contribution is 9.10. The molecule has 0 unspecified atom stereocenters. The molecule has 1 N–H and O–H groups in total. The van der Waals surface area contributed by atoms with Gasteiger partial charge in [0.05, 0.1) is 17.3 Å². The minimum absolute atomic E-state index is 0.0577. The van der Waals surface area contributed by atoms with Gasteiger partial charge in [-0.3, -0.25) is 9.78 Å². The summed E-state index contributed by atoms with van der Waals surface area (Å²) in [5.74, 6) is -0.305. The summed E-state index contributed by atoms with van der Waals surface area (Å²) in [6.45, 7) is 3.85. The predicted molar refractivity (Wildman–Crippen MR) is 78.3 cm³/mol. The first-order valence-electron chi connectivity index (χ1n) is 5.96. The molecule has 0 bridgehead atoms. The summed E-state index contributed by atoms with van der Waals surface area (Å²) in [5, 5.41) is 10.6. The van der Waals surface area contributed by atoms with Crippen molar-refractivity contribution in [1.29, 1.82) is 0 Å². The number of amides is 1. The van der Waals surface area contributed by atoms with Gasteiger partial charge in [-0.05, 0) is 35.8 Å². The molecule has 1 aromatic heterocycles. The molecule has 0 aliphatic rings. The smallest absolute Gasteiger partial charge is 0.258 e. The highest BCUT2D eigenvalue weighted by atomic mass is 79.9. The molecule has 0 fully saturated rings. The van der Waals surface area contributed by atoms with Crippen LogP contribution in [-0.4, -0.2) is 34.0 Å². The van der Waals surface area contributed by atoms with Gasteiger partial charge in [0.25, 0.3) is 5.91 Å². The second-order valence-electron chi connectivity index (χ2n) is 4.66. The number of halogens is 1. The zero-order valence-electron chi connectivity index (χ0n) is 11.0. The number of nitrogens with zero attached hydrogens (tertiary/aromatic N) is 2.